The van der Waals surface area contributed by atoms with Crippen LogP contribution < -0.4 is 5.32 Å². The van der Waals surface area contributed by atoms with Gasteiger partial charge in [0.25, 0.3) is 5.92 Å². The summed E-state index contributed by atoms with van der Waals surface area (Å²) >= 11 is 0. The van der Waals surface area contributed by atoms with Gasteiger partial charge in [0.05, 0.1) is 19.3 Å². The maximum Gasteiger partial charge on any atom is 0.288 e. The van der Waals surface area contributed by atoms with Gasteiger partial charge in [0.1, 0.15) is 17.5 Å². The van der Waals surface area contributed by atoms with Crippen LogP contribution in [0.15, 0.2) is 30.3 Å². The Morgan fingerprint density at radius 2 is 1.82 bits per heavy atom. The van der Waals surface area contributed by atoms with Gasteiger partial charge in [-0.1, -0.05) is 0 Å². The summed E-state index contributed by atoms with van der Waals surface area (Å²) < 4.78 is 99.9. The number of halogens is 7. The van der Waals surface area contributed by atoms with E-state index < -0.39 is 60.9 Å². The van der Waals surface area contributed by atoms with Gasteiger partial charge in [-0.05, 0) is 62.1 Å². The summed E-state index contributed by atoms with van der Waals surface area (Å²) in [7, 11) is 0. The lowest BCUT2D eigenvalue weighted by molar-refractivity contribution is -0.0678. The Labute approximate surface area is 222 Å². The van der Waals surface area contributed by atoms with Crippen molar-refractivity contribution in [3.8, 4) is 0 Å². The zero-order valence-electron chi connectivity index (χ0n) is 21.5. The van der Waals surface area contributed by atoms with Crippen LogP contribution >= 0.6 is 0 Å². The highest BCUT2D eigenvalue weighted by Crippen LogP contribution is 2.44. The van der Waals surface area contributed by atoms with Gasteiger partial charge in [-0.2, -0.15) is 0 Å². The molecule has 5 rings (SSSR count). The van der Waals surface area contributed by atoms with Crippen molar-refractivity contribution in [2.24, 2.45) is 0 Å². The summed E-state index contributed by atoms with van der Waals surface area (Å²) in [5.74, 6) is -6.10. The molecule has 4 nitrogen and oxygen atoms in total. The van der Waals surface area contributed by atoms with Gasteiger partial charge >= 0.3 is 0 Å². The SMILES string of the molecule is CC1Cc2c([nH]c3ccc(F)cc23)C(c2c(F)cc(NC3CCN(CCCF)C3)cc2F)N1CC(F)(F)CF. The smallest absolute Gasteiger partial charge is 0.288 e. The number of H-pyrrole nitrogens is 1. The second kappa shape index (κ2) is 11.0. The number of likely N-dealkylation sites (tertiary alicyclic amines) is 1. The Bertz CT molecular complexity index is 1300. The minimum atomic E-state index is -3.73. The summed E-state index contributed by atoms with van der Waals surface area (Å²) in [6.07, 6.45) is 1.35. The molecule has 1 saturated heterocycles. The predicted molar refractivity (Wildman–Crippen MR) is 136 cm³/mol. The molecular formula is C28H31F7N4. The van der Waals surface area contributed by atoms with Gasteiger partial charge < -0.3 is 15.2 Å². The summed E-state index contributed by atoms with van der Waals surface area (Å²) in [4.78, 5) is 6.35. The molecule has 0 amide bonds. The summed E-state index contributed by atoms with van der Waals surface area (Å²) in [6.45, 7) is 0.205. The van der Waals surface area contributed by atoms with Crippen LogP contribution in [0.3, 0.4) is 0 Å². The summed E-state index contributed by atoms with van der Waals surface area (Å²) in [6, 6.07) is 4.26. The van der Waals surface area contributed by atoms with E-state index >= 15 is 8.78 Å². The molecule has 1 aromatic heterocycles. The molecule has 0 spiro atoms. The molecule has 2 aromatic carbocycles. The van der Waals surface area contributed by atoms with E-state index in [0.29, 0.717) is 36.0 Å². The summed E-state index contributed by atoms with van der Waals surface area (Å²) in [5, 5.41) is 3.64. The van der Waals surface area contributed by atoms with Crippen molar-refractivity contribution in [1.82, 2.24) is 14.8 Å². The number of rotatable bonds is 9. The first-order chi connectivity index (χ1) is 18.6. The van der Waals surface area contributed by atoms with Gasteiger partial charge in [-0.3, -0.25) is 9.29 Å². The number of nitrogens with one attached hydrogen (secondary N) is 2. The Kier molecular flexibility index (Phi) is 7.83. The molecule has 3 unspecified atom stereocenters. The number of alkyl halides is 4. The lowest BCUT2D eigenvalue weighted by Gasteiger charge is -2.42. The fourth-order valence-electron chi connectivity index (χ4n) is 6.00. The monoisotopic (exact) mass is 556 g/mol. The molecule has 2 aliphatic heterocycles. The molecular weight excluding hydrogens is 525 g/mol. The maximum atomic E-state index is 15.7. The molecule has 2 N–H and O–H groups in total. The van der Waals surface area contributed by atoms with Crippen LogP contribution in [-0.4, -0.2) is 72.3 Å². The molecule has 3 aromatic rings. The van der Waals surface area contributed by atoms with Crippen LogP contribution in [0.25, 0.3) is 10.9 Å². The van der Waals surface area contributed by atoms with Crippen LogP contribution in [0.4, 0.5) is 36.4 Å². The molecule has 3 atom stereocenters. The number of fused-ring (bicyclic) bond motifs is 3. The number of hydrogen-bond acceptors (Lipinski definition) is 3. The Balaban J connectivity index is 1.52. The van der Waals surface area contributed by atoms with Crippen molar-refractivity contribution in [2.45, 2.75) is 50.2 Å². The molecule has 0 saturated carbocycles. The number of anilines is 1. The molecule has 212 valence electrons. The molecule has 11 heteroatoms. The van der Waals surface area contributed by atoms with E-state index in [-0.39, 0.29) is 23.8 Å². The minimum absolute atomic E-state index is 0.0843. The average molecular weight is 557 g/mol. The highest BCUT2D eigenvalue weighted by molar-refractivity contribution is 5.85. The van der Waals surface area contributed by atoms with E-state index in [2.05, 4.69) is 15.2 Å². The second-order valence-corrected chi connectivity index (χ2v) is 10.7. The second-order valence-electron chi connectivity index (χ2n) is 10.7. The number of nitrogens with zero attached hydrogens (tertiary/aromatic N) is 2. The van der Waals surface area contributed by atoms with Gasteiger partial charge in [-0.15, -0.1) is 0 Å². The van der Waals surface area contributed by atoms with Gasteiger partial charge in [0.15, 0.2) is 6.67 Å². The lowest BCUT2D eigenvalue weighted by atomic mass is 9.87. The maximum absolute atomic E-state index is 15.7. The number of benzene rings is 2. The van der Waals surface area contributed by atoms with Crippen molar-refractivity contribution < 1.29 is 30.7 Å². The Morgan fingerprint density at radius 1 is 1.08 bits per heavy atom. The van der Waals surface area contributed by atoms with Crippen molar-refractivity contribution in [3.05, 3.63) is 64.6 Å². The minimum Gasteiger partial charge on any atom is -0.381 e. The third-order valence-electron chi connectivity index (χ3n) is 7.78. The third kappa shape index (κ3) is 5.61. The molecule has 0 bridgehead atoms. The Morgan fingerprint density at radius 3 is 2.51 bits per heavy atom. The van der Waals surface area contributed by atoms with Crippen molar-refractivity contribution in [1.29, 1.82) is 0 Å². The highest BCUT2D eigenvalue weighted by Gasteiger charge is 2.44. The van der Waals surface area contributed by atoms with Gasteiger partial charge in [-0.25, -0.2) is 26.3 Å². The molecule has 1 fully saturated rings. The van der Waals surface area contributed by atoms with Crippen LogP contribution in [0, 0.1) is 17.5 Å². The standard InChI is InChI=1S/C28H31F7N4/c1-16-9-21-20-10-17(31)3-4-24(20)37-26(21)27(39(16)15-28(34,35)14-30)25-22(32)11-19(12-23(25)33)36-18-5-8-38(13-18)7-2-6-29/h3-4,10-12,16,18,27,36-37H,2,5-9,13-15H2,1H3. The third-order valence-corrected chi connectivity index (χ3v) is 7.78. The molecule has 39 heavy (non-hydrogen) atoms. The van der Waals surface area contributed by atoms with E-state index in [4.69, 9.17) is 0 Å². The fraction of sp³-hybridized carbons (Fsp3) is 0.500. The van der Waals surface area contributed by atoms with Crippen LogP contribution in [0.1, 0.15) is 42.6 Å². The summed E-state index contributed by atoms with van der Waals surface area (Å²) in [5.41, 5.74) is 1.14. The Hall–Kier alpha value is -2.79. The predicted octanol–water partition coefficient (Wildman–Crippen LogP) is 6.37. The first-order valence-corrected chi connectivity index (χ1v) is 13.1. The zero-order chi connectivity index (χ0) is 27.9. The van der Waals surface area contributed by atoms with E-state index in [9.17, 15) is 22.0 Å². The number of hydrogen-bond donors (Lipinski definition) is 2. The van der Waals surface area contributed by atoms with Gasteiger partial charge in [0, 0.05) is 59.6 Å². The molecule has 0 aliphatic carbocycles. The highest BCUT2D eigenvalue weighted by atomic mass is 19.3. The number of aromatic nitrogens is 1. The van der Waals surface area contributed by atoms with Crippen molar-refractivity contribution >= 4 is 16.6 Å². The lowest BCUT2D eigenvalue weighted by Crippen LogP contribution is -2.49. The average Bonchev–Trinajstić information content (AvgIpc) is 3.47. The van der Waals surface area contributed by atoms with Crippen LogP contribution in [0.5, 0.6) is 0 Å². The van der Waals surface area contributed by atoms with Crippen LogP contribution in [-0.2, 0) is 6.42 Å². The van der Waals surface area contributed by atoms with Crippen molar-refractivity contribution in [3.63, 3.8) is 0 Å². The van der Waals surface area contributed by atoms with E-state index in [1.54, 1.807) is 6.92 Å². The topological polar surface area (TPSA) is 34.3 Å². The largest absolute Gasteiger partial charge is 0.381 e. The fourth-order valence-corrected chi connectivity index (χ4v) is 6.00. The normalized spacial score (nSPS) is 22.5. The molecule has 0 radical (unpaired) electrons. The molecule has 3 heterocycles. The van der Waals surface area contributed by atoms with Crippen molar-refractivity contribution in [2.75, 3.05) is 44.8 Å². The van der Waals surface area contributed by atoms with Gasteiger partial charge in [0.2, 0.25) is 0 Å². The number of aromatic amines is 1. The first kappa shape index (κ1) is 27.8. The molecule has 2 aliphatic rings. The quantitative estimate of drug-likeness (QED) is 0.301. The zero-order valence-corrected chi connectivity index (χ0v) is 21.5. The van der Waals surface area contributed by atoms with E-state index in [1.807, 2.05) is 0 Å². The van der Waals surface area contributed by atoms with E-state index in [1.165, 1.54) is 23.1 Å². The van der Waals surface area contributed by atoms with Crippen LogP contribution in [0.2, 0.25) is 0 Å². The first-order valence-electron chi connectivity index (χ1n) is 13.1. The van der Waals surface area contributed by atoms with E-state index in [0.717, 1.165) is 25.1 Å².